The number of Topliss-reactive ketones (excluding diaryl/α,β-unsaturated/α-hetero) is 1. The SMILES string of the molecule is CC(=O)CC(=O)OC/C=C(/C)CC/C=C(\C)CC/C=C(\C)CCC=C(C)C. The lowest BCUT2D eigenvalue weighted by Crippen LogP contribution is -2.08. The summed E-state index contributed by atoms with van der Waals surface area (Å²) in [5.41, 5.74) is 5.48. The smallest absolute Gasteiger partial charge is 0.313 e. The maximum absolute atomic E-state index is 11.3. The predicted molar refractivity (Wildman–Crippen MR) is 115 cm³/mol. The van der Waals surface area contributed by atoms with E-state index in [9.17, 15) is 9.59 Å². The second kappa shape index (κ2) is 15.2. The van der Waals surface area contributed by atoms with Crippen molar-refractivity contribution in [3.63, 3.8) is 0 Å². The second-order valence-electron chi connectivity index (χ2n) is 7.61. The lowest BCUT2D eigenvalue weighted by molar-refractivity contribution is -0.144. The molecule has 0 radical (unpaired) electrons. The van der Waals surface area contributed by atoms with Crippen LogP contribution in [0.1, 0.15) is 86.5 Å². The first-order valence-electron chi connectivity index (χ1n) is 9.96. The monoisotopic (exact) mass is 374 g/mol. The fourth-order valence-corrected chi connectivity index (χ4v) is 2.52. The fourth-order valence-electron chi connectivity index (χ4n) is 2.52. The Hall–Kier alpha value is -1.90. The Morgan fingerprint density at radius 2 is 1.11 bits per heavy atom. The Balaban J connectivity index is 4.03. The highest BCUT2D eigenvalue weighted by molar-refractivity contribution is 5.94. The van der Waals surface area contributed by atoms with Crippen LogP contribution >= 0.6 is 0 Å². The molecule has 0 aromatic carbocycles. The number of rotatable bonds is 13. The van der Waals surface area contributed by atoms with Crippen molar-refractivity contribution < 1.29 is 14.3 Å². The molecule has 0 bridgehead atoms. The number of allylic oxidation sites excluding steroid dienone is 7. The molecule has 3 nitrogen and oxygen atoms in total. The van der Waals surface area contributed by atoms with Gasteiger partial charge in [0.2, 0.25) is 0 Å². The van der Waals surface area contributed by atoms with Crippen LogP contribution in [0.3, 0.4) is 0 Å². The van der Waals surface area contributed by atoms with Gasteiger partial charge in [-0.1, -0.05) is 40.5 Å². The van der Waals surface area contributed by atoms with Crippen LogP contribution in [-0.2, 0) is 14.3 Å². The maximum Gasteiger partial charge on any atom is 0.313 e. The van der Waals surface area contributed by atoms with Gasteiger partial charge in [-0.15, -0.1) is 0 Å². The van der Waals surface area contributed by atoms with Crippen LogP contribution in [0.2, 0.25) is 0 Å². The molecular formula is C24H38O3. The zero-order valence-electron chi connectivity index (χ0n) is 18.2. The van der Waals surface area contributed by atoms with Gasteiger partial charge in [0, 0.05) is 0 Å². The summed E-state index contributed by atoms with van der Waals surface area (Å²) in [4.78, 5) is 22.1. The molecule has 0 aliphatic carbocycles. The van der Waals surface area contributed by atoms with Crippen LogP contribution in [0.4, 0.5) is 0 Å². The van der Waals surface area contributed by atoms with E-state index < -0.39 is 5.97 Å². The van der Waals surface area contributed by atoms with Crippen LogP contribution in [0.5, 0.6) is 0 Å². The van der Waals surface area contributed by atoms with Gasteiger partial charge in [-0.05, 0) is 86.1 Å². The summed E-state index contributed by atoms with van der Waals surface area (Å²) in [6.45, 7) is 12.4. The molecule has 0 aromatic heterocycles. The molecule has 0 spiro atoms. The Bertz CT molecular complexity index is 585. The third kappa shape index (κ3) is 17.3. The number of carbonyl (C=O) groups is 2. The van der Waals surface area contributed by atoms with Crippen molar-refractivity contribution in [3.05, 3.63) is 46.6 Å². The van der Waals surface area contributed by atoms with Gasteiger partial charge in [0.1, 0.15) is 18.8 Å². The van der Waals surface area contributed by atoms with Gasteiger partial charge in [0.05, 0.1) is 0 Å². The summed E-state index contributed by atoms with van der Waals surface area (Å²) in [5, 5.41) is 0. The van der Waals surface area contributed by atoms with Crippen LogP contribution in [0.15, 0.2) is 46.6 Å². The van der Waals surface area contributed by atoms with E-state index in [0.29, 0.717) is 0 Å². The molecule has 0 amide bonds. The molecule has 152 valence electrons. The standard InChI is InChI=1S/C24H38O3/c1-19(2)10-7-11-20(3)12-8-13-21(4)14-9-15-22(5)16-17-27-24(26)18-23(6)25/h10,12,14,16H,7-9,11,13,15,17-18H2,1-6H3/b20-12+,21-14+,22-16-. The van der Waals surface area contributed by atoms with Crippen LogP contribution in [0.25, 0.3) is 0 Å². The highest BCUT2D eigenvalue weighted by Gasteiger charge is 2.04. The summed E-state index contributed by atoms with van der Waals surface area (Å²) in [7, 11) is 0. The molecule has 0 aromatic rings. The molecule has 0 heterocycles. The van der Waals surface area contributed by atoms with Gasteiger partial charge >= 0.3 is 5.97 Å². The summed E-state index contributed by atoms with van der Waals surface area (Å²) >= 11 is 0. The van der Waals surface area contributed by atoms with Gasteiger partial charge < -0.3 is 4.74 Å². The topological polar surface area (TPSA) is 43.4 Å². The third-order valence-corrected chi connectivity index (χ3v) is 4.22. The first-order valence-corrected chi connectivity index (χ1v) is 9.96. The lowest BCUT2D eigenvalue weighted by Gasteiger charge is -2.03. The minimum Gasteiger partial charge on any atom is -0.461 e. The van der Waals surface area contributed by atoms with E-state index in [1.807, 2.05) is 13.0 Å². The molecule has 0 fully saturated rings. The van der Waals surface area contributed by atoms with Gasteiger partial charge in [-0.25, -0.2) is 0 Å². The molecular weight excluding hydrogens is 336 g/mol. The summed E-state index contributed by atoms with van der Waals surface area (Å²) < 4.78 is 5.01. The first kappa shape index (κ1) is 25.1. The molecule has 0 saturated carbocycles. The van der Waals surface area contributed by atoms with E-state index in [0.717, 1.165) is 38.5 Å². The second-order valence-corrected chi connectivity index (χ2v) is 7.61. The van der Waals surface area contributed by atoms with E-state index in [1.165, 1.54) is 29.2 Å². The maximum atomic E-state index is 11.3. The lowest BCUT2D eigenvalue weighted by atomic mass is 10.0. The van der Waals surface area contributed by atoms with E-state index in [4.69, 9.17) is 4.74 Å². The molecule has 0 aliphatic rings. The third-order valence-electron chi connectivity index (χ3n) is 4.22. The van der Waals surface area contributed by atoms with Gasteiger partial charge in [-0.2, -0.15) is 0 Å². The van der Waals surface area contributed by atoms with Crippen molar-refractivity contribution in [1.29, 1.82) is 0 Å². The Morgan fingerprint density at radius 3 is 1.56 bits per heavy atom. The van der Waals surface area contributed by atoms with Crippen LogP contribution < -0.4 is 0 Å². The average molecular weight is 375 g/mol. The minimum absolute atomic E-state index is 0.141. The number of hydrogen-bond acceptors (Lipinski definition) is 3. The Kier molecular flexibility index (Phi) is 14.1. The molecule has 0 unspecified atom stereocenters. The van der Waals surface area contributed by atoms with E-state index in [2.05, 4.69) is 45.9 Å². The predicted octanol–water partition coefficient (Wildman–Crippen LogP) is 6.65. The molecule has 0 rings (SSSR count). The number of ether oxygens (including phenoxy) is 1. The van der Waals surface area contributed by atoms with Crippen molar-refractivity contribution in [3.8, 4) is 0 Å². The zero-order valence-corrected chi connectivity index (χ0v) is 18.2. The highest BCUT2D eigenvalue weighted by Crippen LogP contribution is 2.13. The number of ketones is 1. The van der Waals surface area contributed by atoms with Crippen LogP contribution in [0, 0.1) is 0 Å². The zero-order chi connectivity index (χ0) is 20.7. The molecule has 27 heavy (non-hydrogen) atoms. The van der Waals surface area contributed by atoms with E-state index in [1.54, 1.807) is 0 Å². The quantitative estimate of drug-likeness (QED) is 0.206. The van der Waals surface area contributed by atoms with E-state index in [-0.39, 0.29) is 18.8 Å². The van der Waals surface area contributed by atoms with Gasteiger partial charge in [0.15, 0.2) is 0 Å². The largest absolute Gasteiger partial charge is 0.461 e. The van der Waals surface area contributed by atoms with Crippen LogP contribution in [-0.4, -0.2) is 18.4 Å². The molecule has 0 N–H and O–H groups in total. The number of carbonyl (C=O) groups excluding carboxylic acids is 2. The molecule has 0 saturated heterocycles. The number of hydrogen-bond donors (Lipinski definition) is 0. The van der Waals surface area contributed by atoms with Crippen molar-refractivity contribution in [2.45, 2.75) is 86.5 Å². The molecule has 3 heteroatoms. The summed E-state index contributed by atoms with van der Waals surface area (Å²) in [5.74, 6) is -0.620. The number of esters is 1. The van der Waals surface area contributed by atoms with Crippen molar-refractivity contribution in [1.82, 2.24) is 0 Å². The fraction of sp³-hybridized carbons (Fsp3) is 0.583. The van der Waals surface area contributed by atoms with Gasteiger partial charge in [0.25, 0.3) is 0 Å². The summed E-state index contributed by atoms with van der Waals surface area (Å²) in [6.07, 6.45) is 15.2. The minimum atomic E-state index is -0.452. The normalized spacial score (nSPS) is 12.7. The Labute approximate surface area is 166 Å². The van der Waals surface area contributed by atoms with Crippen molar-refractivity contribution in [2.24, 2.45) is 0 Å². The Morgan fingerprint density at radius 1 is 0.667 bits per heavy atom. The highest BCUT2D eigenvalue weighted by atomic mass is 16.5. The first-order chi connectivity index (χ1) is 12.7. The average Bonchev–Trinajstić information content (AvgIpc) is 2.53. The molecule has 0 atom stereocenters. The van der Waals surface area contributed by atoms with Crippen molar-refractivity contribution in [2.75, 3.05) is 6.61 Å². The van der Waals surface area contributed by atoms with Gasteiger partial charge in [-0.3, -0.25) is 9.59 Å². The molecule has 0 aliphatic heterocycles. The van der Waals surface area contributed by atoms with Crippen molar-refractivity contribution >= 4 is 11.8 Å². The van der Waals surface area contributed by atoms with E-state index >= 15 is 0 Å². The summed E-state index contributed by atoms with van der Waals surface area (Å²) in [6, 6.07) is 0.